The van der Waals surface area contributed by atoms with Crippen molar-refractivity contribution in [2.24, 2.45) is 0 Å². The highest BCUT2D eigenvalue weighted by Gasteiger charge is 2.48. The lowest BCUT2D eigenvalue weighted by Gasteiger charge is -2.47. The molecule has 127 heavy (non-hydrogen) atoms. The molecule has 620 valence electrons. The van der Waals surface area contributed by atoms with E-state index in [0.717, 1.165) is 107 Å². The number of aromatic nitrogens is 1. The molecule has 0 N–H and O–H groups in total. The first-order chi connectivity index (χ1) is 61.1. The van der Waals surface area contributed by atoms with Crippen LogP contribution < -0.4 is 46.9 Å². The van der Waals surface area contributed by atoms with Crippen LogP contribution in [0.3, 0.4) is 0 Å². The summed E-state index contributed by atoms with van der Waals surface area (Å²) in [5.41, 5.74) is 35.4. The molecule has 0 spiro atoms. The van der Waals surface area contributed by atoms with E-state index >= 15 is 0 Å². The van der Waals surface area contributed by atoms with Gasteiger partial charge in [-0.3, -0.25) is 0 Å². The Kier molecular flexibility index (Phi) is 20.3. The van der Waals surface area contributed by atoms with Crippen molar-refractivity contribution in [3.63, 3.8) is 0 Å². The predicted octanol–water partition coefficient (Wildman–Crippen LogP) is 28.4. The Morgan fingerprint density at radius 2 is 0.535 bits per heavy atom. The smallest absolute Gasteiger partial charge is 0.252 e. The first-order valence-corrected chi connectivity index (χ1v) is 47.4. The highest BCUT2D eigenvalue weighted by molar-refractivity contribution is 7.20. The van der Waals surface area contributed by atoms with Crippen molar-refractivity contribution in [2.75, 3.05) is 9.80 Å². The Labute approximate surface area is 753 Å². The molecule has 0 radical (unpaired) electrons. The van der Waals surface area contributed by atoms with Crippen LogP contribution in [-0.4, -0.2) is 19.4 Å². The third-order valence-electron chi connectivity index (χ3n) is 27.1. The minimum atomic E-state index is -2.92. The molecule has 3 heterocycles. The quantitative estimate of drug-likeness (QED) is 0.0794. The summed E-state index contributed by atoms with van der Waals surface area (Å²) in [4.78, 5) is 5.54. The largest absolute Gasteiger partial charge is 0.310 e. The molecule has 2 aliphatic heterocycles. The van der Waals surface area contributed by atoms with Gasteiger partial charge in [-0.25, -0.2) is 0 Å². The van der Waals surface area contributed by atoms with E-state index in [1.54, 1.807) is 0 Å². The zero-order valence-electron chi connectivity index (χ0n) is 75.9. The molecule has 0 bridgehead atoms. The van der Waals surface area contributed by atoms with Crippen molar-refractivity contribution in [3.8, 4) is 83.6 Å². The minimum absolute atomic E-state index is 0.0835. The molecule has 1 aromatic heterocycles. The number of rotatable bonds is 14. The van der Waals surface area contributed by atoms with E-state index in [1.807, 2.05) is 0 Å². The summed E-state index contributed by atoms with van der Waals surface area (Å²) in [5, 5.41) is 7.88. The van der Waals surface area contributed by atoms with Gasteiger partial charge in [0, 0.05) is 61.5 Å². The highest BCUT2D eigenvalue weighted by Crippen LogP contribution is 2.56. The van der Waals surface area contributed by atoms with E-state index in [9.17, 15) is 0 Å². The second-order valence-corrected chi connectivity index (χ2v) is 44.3. The zero-order valence-corrected chi connectivity index (χ0v) is 76.9. The van der Waals surface area contributed by atoms with Gasteiger partial charge in [-0.15, -0.1) is 0 Å². The molecular weight excluding hydrogens is 1550 g/mol. The number of hydrogen-bond donors (Lipinski definition) is 0. The summed E-state index contributed by atoms with van der Waals surface area (Å²) < 4.78 is 2.58. The average Bonchev–Trinajstić information content (AvgIpc) is 0.759. The van der Waals surface area contributed by atoms with E-state index in [1.165, 1.54) is 97.9 Å². The molecule has 0 saturated heterocycles. The average molecular weight is 1660 g/mol. The van der Waals surface area contributed by atoms with Gasteiger partial charge in [0.2, 0.25) is 0 Å². The number of anilines is 6. The molecule has 0 fully saturated rings. The fourth-order valence-corrected chi connectivity index (χ4v) is 24.9. The van der Waals surface area contributed by atoms with Crippen LogP contribution in [0.25, 0.3) is 105 Å². The number of nitrogens with zero attached hydrogens (tertiary/aromatic N) is 3. The van der Waals surface area contributed by atoms with Gasteiger partial charge in [-0.05, 0) is 239 Å². The molecule has 3 nitrogen and oxygen atoms in total. The summed E-state index contributed by atoms with van der Waals surface area (Å²) >= 11 is 0. The van der Waals surface area contributed by atoms with Gasteiger partial charge in [0.25, 0.3) is 6.71 Å². The van der Waals surface area contributed by atoms with Crippen LogP contribution in [0.4, 0.5) is 34.1 Å². The van der Waals surface area contributed by atoms with Crippen molar-refractivity contribution >= 4 is 108 Å². The molecule has 5 heteroatoms. The predicted molar refractivity (Wildman–Crippen MR) is 550 cm³/mol. The monoisotopic (exact) mass is 1660 g/mol. The van der Waals surface area contributed by atoms with Crippen LogP contribution in [-0.2, 0) is 27.1 Å². The van der Waals surface area contributed by atoms with Crippen LogP contribution in [0, 0.1) is 0 Å². The number of fused-ring (bicyclic) bond motifs is 7. The van der Waals surface area contributed by atoms with E-state index in [2.05, 4.69) is 513 Å². The second-order valence-electron chi connectivity index (χ2n) is 40.5. The van der Waals surface area contributed by atoms with Crippen LogP contribution in [0.15, 0.2) is 394 Å². The minimum Gasteiger partial charge on any atom is -0.310 e. The summed E-state index contributed by atoms with van der Waals surface area (Å²) in [7, 11) is -2.92. The number of benzene rings is 17. The molecule has 0 unspecified atom stereocenters. The fourth-order valence-electron chi connectivity index (χ4n) is 20.2. The molecule has 20 rings (SSSR count). The molecule has 17 aromatic carbocycles. The van der Waals surface area contributed by atoms with Gasteiger partial charge in [-0.2, -0.15) is 0 Å². The maximum Gasteiger partial charge on any atom is 0.252 e. The molecule has 18 aromatic rings. The summed E-state index contributed by atoms with van der Waals surface area (Å²) in [5.74, 6) is 0. The SMILES string of the molecule is CC(C)(C)c1cc(-c2cccc(-c3ccccc3)c2)c(N2c3ccc(-c4ccc([Si](c5ccccc5)(c5ccccc5)c5ccccc5)cc4)cc3B3c4ccc(-n5c6ccc(C(C)(C)C)cc6c6cc(C(C)(C)C)ccc65)cc4N(c4c(-c5ccccc5)cc(C(C)(C)C)cc4-c4ccccc4)c4cc(C(C)(C)C)cc2c43)c(-c2cccc(-c3ccccc3)c2)c1. The van der Waals surface area contributed by atoms with Gasteiger partial charge in [0.1, 0.15) is 0 Å². The zero-order chi connectivity index (χ0) is 87.6. The molecule has 0 atom stereocenters. The Bertz CT molecular complexity index is 6890. The lowest BCUT2D eigenvalue weighted by molar-refractivity contribution is 0.590. The molecule has 0 saturated carbocycles. The Hall–Kier alpha value is -13.6. The van der Waals surface area contributed by atoms with Gasteiger partial charge in [0.05, 0.1) is 22.4 Å². The second kappa shape index (κ2) is 31.5. The summed E-state index contributed by atoms with van der Waals surface area (Å²) in [6, 6.07) is 152. The van der Waals surface area contributed by atoms with Crippen molar-refractivity contribution in [1.29, 1.82) is 0 Å². The normalized spacial score (nSPS) is 13.0. The van der Waals surface area contributed by atoms with Gasteiger partial charge in [-0.1, -0.05) is 407 Å². The Morgan fingerprint density at radius 1 is 0.213 bits per heavy atom. The fraction of sp³-hybridized carbons (Fsp3) is 0.164. The summed E-state index contributed by atoms with van der Waals surface area (Å²) in [6.45, 7) is 35.3. The Morgan fingerprint density at radius 3 is 0.937 bits per heavy atom. The lowest BCUT2D eigenvalue weighted by Crippen LogP contribution is -2.74. The maximum absolute atomic E-state index is 2.92. The third kappa shape index (κ3) is 14.6. The molecule has 0 amide bonds. The van der Waals surface area contributed by atoms with Gasteiger partial charge in [0.15, 0.2) is 8.07 Å². The lowest BCUT2D eigenvalue weighted by atomic mass is 9.33. The van der Waals surface area contributed by atoms with Crippen LogP contribution in [0.2, 0.25) is 0 Å². The van der Waals surface area contributed by atoms with Crippen LogP contribution in [0.1, 0.15) is 132 Å². The molecule has 0 aliphatic carbocycles. The van der Waals surface area contributed by atoms with E-state index in [4.69, 9.17) is 0 Å². The van der Waals surface area contributed by atoms with Crippen molar-refractivity contribution in [2.45, 2.75) is 131 Å². The molecule has 2 aliphatic rings. The highest BCUT2D eigenvalue weighted by atomic mass is 28.3. The summed E-state index contributed by atoms with van der Waals surface area (Å²) in [6.07, 6.45) is 0. The van der Waals surface area contributed by atoms with Gasteiger partial charge < -0.3 is 14.4 Å². The Balaban J connectivity index is 0.948. The van der Waals surface area contributed by atoms with Crippen LogP contribution >= 0.6 is 0 Å². The van der Waals surface area contributed by atoms with Crippen molar-refractivity contribution in [1.82, 2.24) is 4.57 Å². The van der Waals surface area contributed by atoms with Gasteiger partial charge >= 0.3 is 0 Å². The first kappa shape index (κ1) is 81.7. The van der Waals surface area contributed by atoms with E-state index in [-0.39, 0.29) is 33.8 Å². The number of hydrogen-bond acceptors (Lipinski definition) is 2. The van der Waals surface area contributed by atoms with E-state index < -0.39 is 8.07 Å². The van der Waals surface area contributed by atoms with Crippen molar-refractivity contribution < 1.29 is 0 Å². The van der Waals surface area contributed by atoms with Crippen molar-refractivity contribution in [3.05, 3.63) is 422 Å². The topological polar surface area (TPSA) is 11.4 Å². The standard InChI is InChI=1S/C122H110BN3Si/c1-118(2,3)91-60-67-109-105(72-91)106-73-92(119(4,5)6)61-68-110(106)124(109)96-62-65-107-112(80-96)126(116-101(84-43-27-18-28-44-84)74-93(120(7,8)9)75-102(116)85-45-29-19-30-46-85)114-79-95(122(13,14)15)78-113-115(114)123(107)108-71-88(83-57-63-100(64-58-83)127(97-51-31-20-32-52-97,98-53-33-21-34-54-98)99-55-35-22-36-56-99)59-66-111(108)125(113)117-103(89-49-37-47-86(69-89)81-39-23-16-24-40-81)76-94(121(10,11)12)77-104(117)90-50-38-48-87(70-90)82-41-25-17-26-42-82/h16-80H,1-15H3. The molecular formula is C122H110BN3Si. The third-order valence-corrected chi connectivity index (χ3v) is 31.9. The van der Waals surface area contributed by atoms with E-state index in [0.29, 0.717) is 0 Å². The first-order valence-electron chi connectivity index (χ1n) is 45.4. The maximum atomic E-state index is 2.77. The van der Waals surface area contributed by atoms with Crippen LogP contribution in [0.5, 0.6) is 0 Å².